The number of hydrogen-bond acceptors (Lipinski definition) is 8. The van der Waals surface area contributed by atoms with E-state index >= 15 is 0 Å². The lowest BCUT2D eigenvalue weighted by atomic mass is 10.1. The number of aliphatic hydroxyl groups excluding tert-OH is 2. The number of aliphatic carboxylic acids is 2. The van der Waals surface area contributed by atoms with Gasteiger partial charge >= 0.3 is 0 Å². The van der Waals surface area contributed by atoms with Crippen molar-refractivity contribution in [2.75, 3.05) is 27.2 Å². The van der Waals surface area contributed by atoms with Gasteiger partial charge in [-0.15, -0.1) is 0 Å². The van der Waals surface area contributed by atoms with Gasteiger partial charge in [-0.2, -0.15) is 0 Å². The summed E-state index contributed by atoms with van der Waals surface area (Å²) < 4.78 is 0. The van der Waals surface area contributed by atoms with Gasteiger partial charge in [0.2, 0.25) is 0 Å². The predicted octanol–water partition coefficient (Wildman–Crippen LogP) is -4.37. The van der Waals surface area contributed by atoms with Gasteiger partial charge in [-0.1, -0.05) is 24.3 Å². The number of carbonyl (C=O) groups is 2. The summed E-state index contributed by atoms with van der Waals surface area (Å²) >= 11 is 0. The summed E-state index contributed by atoms with van der Waals surface area (Å²) in [5, 5.41) is 60.3. The molecular weight excluding hydrogens is 476 g/mol. The highest BCUT2D eigenvalue weighted by Gasteiger charge is 2.07. The number of aliphatic hydroxyl groups is 2. The Morgan fingerprint density at radius 1 is 0.694 bits per heavy atom. The topological polar surface area (TPSA) is 257 Å². The van der Waals surface area contributed by atoms with Crippen LogP contribution in [0.3, 0.4) is 0 Å². The molecule has 0 heterocycles. The van der Waals surface area contributed by atoms with Gasteiger partial charge in [0.05, 0.1) is 14.1 Å². The van der Waals surface area contributed by atoms with Gasteiger partial charge in [-0.05, 0) is 61.1 Å². The third-order valence-corrected chi connectivity index (χ3v) is 4.49. The fraction of sp³-hybridized carbons (Fsp3) is 0.417. The highest BCUT2D eigenvalue weighted by atomic mass is 16.4. The maximum Gasteiger partial charge on any atom is 0.128 e. The summed E-state index contributed by atoms with van der Waals surface area (Å²) in [6, 6.07) is 13.2. The molecule has 0 saturated heterocycles. The fourth-order valence-corrected chi connectivity index (χ4v) is 2.65. The first-order valence-electron chi connectivity index (χ1n) is 11.0. The molecule has 12 nitrogen and oxygen atoms in total. The molecule has 2 aromatic carbocycles. The molecule has 0 spiro atoms. The maximum atomic E-state index is 9.77. The third-order valence-electron chi connectivity index (χ3n) is 4.49. The zero-order chi connectivity index (χ0) is 25.9. The molecule has 0 amide bonds. The van der Waals surface area contributed by atoms with E-state index in [1.807, 2.05) is 24.7 Å². The van der Waals surface area contributed by atoms with Gasteiger partial charge in [-0.3, -0.25) is 0 Å². The molecule has 36 heavy (non-hydrogen) atoms. The summed E-state index contributed by atoms with van der Waals surface area (Å²) in [7, 11) is 3.81. The Bertz CT molecular complexity index is 747. The zero-order valence-corrected chi connectivity index (χ0v) is 20.6. The Labute approximate surface area is 210 Å². The van der Waals surface area contributed by atoms with Crippen LogP contribution in [0, 0.1) is 0 Å². The second kappa shape index (κ2) is 22.2. The van der Waals surface area contributed by atoms with Crippen molar-refractivity contribution in [1.29, 1.82) is 0 Å². The van der Waals surface area contributed by atoms with Crippen LogP contribution in [0.5, 0.6) is 11.5 Å². The summed E-state index contributed by atoms with van der Waals surface area (Å²) in [5.41, 5.74) is 1.68. The SMILES string of the molecule is C[NH2+]C[C@@H](O)c1ccc(O)cc1.C[NH2+]C[C@H](O)c1ccc(O)cc1.O.O.O=C([O-])CCCCC(=O)[O-]. The van der Waals surface area contributed by atoms with E-state index in [0.717, 1.165) is 11.1 Å². The lowest BCUT2D eigenvalue weighted by Gasteiger charge is -2.07. The quantitative estimate of drug-likeness (QED) is 0.159. The molecule has 2 aromatic rings. The fourth-order valence-electron chi connectivity index (χ4n) is 2.65. The Balaban J connectivity index is -0.000000444. The standard InChI is InChI=1S/2C9H13NO2.C6H10O4.2H2O/c2*1-10-6-9(12)7-2-4-8(11)5-3-7;7-5(8)3-1-2-4-6(9)10;;/h2*2-5,9-12H,6H2,1H3;1-4H2,(H,7,8)(H,9,10);2*1H2/t2*9-;;;/m10.../s1. The summed E-state index contributed by atoms with van der Waals surface area (Å²) in [4.78, 5) is 19.5. The van der Waals surface area contributed by atoms with Crippen LogP contribution in [0.1, 0.15) is 49.0 Å². The molecule has 2 rings (SSSR count). The first kappa shape index (κ1) is 37.3. The molecular formula is C24H40N2O10. The van der Waals surface area contributed by atoms with Crippen LogP contribution in [-0.2, 0) is 9.59 Å². The maximum absolute atomic E-state index is 9.77. The Hall–Kier alpha value is -3.26. The molecule has 0 unspecified atom stereocenters. The van der Waals surface area contributed by atoms with Crippen molar-refractivity contribution in [1.82, 2.24) is 0 Å². The number of phenolic OH excluding ortho intramolecular Hbond substituents is 2. The molecule has 0 saturated carbocycles. The average molecular weight is 517 g/mol. The van der Waals surface area contributed by atoms with Crippen LogP contribution in [-0.4, -0.2) is 70.5 Å². The number of phenols is 2. The van der Waals surface area contributed by atoms with Crippen molar-refractivity contribution in [3.8, 4) is 11.5 Å². The molecule has 0 fully saturated rings. The van der Waals surface area contributed by atoms with E-state index in [4.69, 9.17) is 10.2 Å². The Kier molecular flexibility index (Phi) is 23.0. The number of likely N-dealkylation sites (N-methyl/N-ethyl adjacent to an activating group) is 2. The van der Waals surface area contributed by atoms with Gasteiger partial charge in [0.25, 0.3) is 0 Å². The number of quaternary nitrogens is 2. The van der Waals surface area contributed by atoms with Crippen molar-refractivity contribution in [3.05, 3.63) is 59.7 Å². The van der Waals surface area contributed by atoms with Crippen LogP contribution in [0.15, 0.2) is 48.5 Å². The molecule has 0 aliphatic rings. The normalized spacial score (nSPS) is 11.1. The van der Waals surface area contributed by atoms with Crippen molar-refractivity contribution in [2.45, 2.75) is 37.9 Å². The lowest BCUT2D eigenvalue weighted by Crippen LogP contribution is -2.80. The number of benzene rings is 2. The zero-order valence-electron chi connectivity index (χ0n) is 20.6. The van der Waals surface area contributed by atoms with Crippen molar-refractivity contribution in [3.63, 3.8) is 0 Å². The van der Waals surface area contributed by atoms with Gasteiger partial charge in [0, 0.05) is 11.9 Å². The second-order valence-electron chi connectivity index (χ2n) is 7.45. The largest absolute Gasteiger partial charge is 0.550 e. The highest BCUT2D eigenvalue weighted by Crippen LogP contribution is 2.15. The van der Waals surface area contributed by atoms with Crippen molar-refractivity contribution >= 4 is 11.9 Å². The Morgan fingerprint density at radius 2 is 0.972 bits per heavy atom. The van der Waals surface area contributed by atoms with E-state index < -0.39 is 24.1 Å². The van der Waals surface area contributed by atoms with E-state index in [1.54, 1.807) is 48.5 Å². The molecule has 12 N–H and O–H groups in total. The van der Waals surface area contributed by atoms with E-state index in [1.165, 1.54) is 0 Å². The Morgan fingerprint density at radius 3 is 1.19 bits per heavy atom. The first-order chi connectivity index (χ1) is 16.1. The minimum atomic E-state index is -1.14. The van der Waals surface area contributed by atoms with E-state index in [0.29, 0.717) is 25.9 Å². The number of carboxylic acids is 2. The van der Waals surface area contributed by atoms with Crippen LogP contribution < -0.4 is 20.8 Å². The predicted molar refractivity (Wildman–Crippen MR) is 127 cm³/mol. The molecule has 0 aromatic heterocycles. The number of nitrogens with two attached hydrogens (primary N) is 2. The minimum absolute atomic E-state index is 0. The van der Waals surface area contributed by atoms with E-state index in [2.05, 4.69) is 0 Å². The molecule has 12 heteroatoms. The minimum Gasteiger partial charge on any atom is -0.550 e. The van der Waals surface area contributed by atoms with Crippen LogP contribution in [0.4, 0.5) is 0 Å². The molecule has 206 valence electrons. The van der Waals surface area contributed by atoms with Gasteiger partial charge < -0.3 is 61.8 Å². The lowest BCUT2D eigenvalue weighted by molar-refractivity contribution is -0.634. The number of rotatable bonds is 11. The summed E-state index contributed by atoms with van der Waals surface area (Å²) in [5.74, 6) is -1.82. The molecule has 0 bridgehead atoms. The van der Waals surface area contributed by atoms with E-state index in [9.17, 15) is 30.0 Å². The number of unbranched alkanes of at least 4 members (excludes halogenated alkanes) is 1. The number of carbonyl (C=O) groups excluding carboxylic acids is 2. The van der Waals surface area contributed by atoms with E-state index in [-0.39, 0.29) is 35.3 Å². The van der Waals surface area contributed by atoms with Crippen molar-refractivity contribution in [2.24, 2.45) is 0 Å². The molecule has 0 aliphatic heterocycles. The first-order valence-corrected chi connectivity index (χ1v) is 11.0. The smallest absolute Gasteiger partial charge is 0.128 e. The number of carboxylic acid groups (broad SMARTS) is 2. The molecule has 0 aliphatic carbocycles. The molecule has 2 atom stereocenters. The summed E-state index contributed by atoms with van der Waals surface area (Å²) in [6.07, 6.45) is -0.362. The summed E-state index contributed by atoms with van der Waals surface area (Å²) in [6.45, 7) is 1.29. The number of hydrogen-bond donors (Lipinski definition) is 6. The van der Waals surface area contributed by atoms with Crippen molar-refractivity contribution < 1.29 is 61.8 Å². The van der Waals surface area contributed by atoms with Crippen LogP contribution in [0.25, 0.3) is 0 Å². The average Bonchev–Trinajstić information content (AvgIpc) is 2.79. The molecule has 0 radical (unpaired) electrons. The third kappa shape index (κ3) is 19.1. The van der Waals surface area contributed by atoms with Gasteiger partial charge in [0.1, 0.15) is 36.8 Å². The highest BCUT2D eigenvalue weighted by molar-refractivity contribution is 5.65. The van der Waals surface area contributed by atoms with Crippen LogP contribution >= 0.6 is 0 Å². The van der Waals surface area contributed by atoms with Crippen LogP contribution in [0.2, 0.25) is 0 Å². The second-order valence-corrected chi connectivity index (χ2v) is 7.45. The van der Waals surface area contributed by atoms with Gasteiger partial charge in [0.15, 0.2) is 0 Å². The van der Waals surface area contributed by atoms with Gasteiger partial charge in [-0.25, -0.2) is 0 Å². The number of aromatic hydroxyl groups is 2. The monoisotopic (exact) mass is 516 g/mol.